The predicted molar refractivity (Wildman–Crippen MR) is 75.1 cm³/mol. The summed E-state index contributed by atoms with van der Waals surface area (Å²) in [6.45, 7) is 0.443. The Bertz CT molecular complexity index is 631. The van der Waals surface area contributed by atoms with Gasteiger partial charge in [0.25, 0.3) is 11.7 Å². The van der Waals surface area contributed by atoms with Gasteiger partial charge in [0.2, 0.25) is 0 Å². The molecule has 96 valence electrons. The van der Waals surface area contributed by atoms with Crippen molar-refractivity contribution in [1.82, 2.24) is 4.90 Å². The third-order valence-electron chi connectivity index (χ3n) is 3.44. The fourth-order valence-corrected chi connectivity index (χ4v) is 2.87. The lowest BCUT2D eigenvalue weighted by atomic mass is 10.0. The summed E-state index contributed by atoms with van der Waals surface area (Å²) < 4.78 is 0.954. The number of Topliss-reactive ketones (excluding diaryl/α,β-unsaturated/α-hetero) is 1. The van der Waals surface area contributed by atoms with E-state index < -0.39 is 5.91 Å². The second kappa shape index (κ2) is 4.78. The van der Waals surface area contributed by atoms with Crippen LogP contribution >= 0.6 is 15.9 Å². The van der Waals surface area contributed by atoms with E-state index in [-0.39, 0.29) is 5.78 Å². The summed E-state index contributed by atoms with van der Waals surface area (Å²) in [7, 11) is 0. The molecule has 1 aromatic carbocycles. The molecule has 0 radical (unpaired) electrons. The molecule has 0 saturated carbocycles. The van der Waals surface area contributed by atoms with E-state index in [1.165, 1.54) is 0 Å². The van der Waals surface area contributed by atoms with Crippen molar-refractivity contribution in [3.8, 4) is 0 Å². The highest BCUT2D eigenvalue weighted by Gasteiger charge is 2.37. The highest BCUT2D eigenvalue weighted by atomic mass is 79.9. The highest BCUT2D eigenvalue weighted by molar-refractivity contribution is 9.10. The van der Waals surface area contributed by atoms with Gasteiger partial charge in [-0.05, 0) is 24.5 Å². The van der Waals surface area contributed by atoms with Crippen LogP contribution in [0.2, 0.25) is 0 Å². The molecule has 0 N–H and O–H groups in total. The van der Waals surface area contributed by atoms with Gasteiger partial charge in [-0.1, -0.05) is 46.3 Å². The zero-order valence-corrected chi connectivity index (χ0v) is 11.8. The molecule has 0 aromatic heterocycles. The molecule has 0 atom stereocenters. The van der Waals surface area contributed by atoms with Crippen LogP contribution in [0, 0.1) is 0 Å². The van der Waals surface area contributed by atoms with Gasteiger partial charge >= 0.3 is 0 Å². The summed E-state index contributed by atoms with van der Waals surface area (Å²) in [6.07, 6.45) is 5.37. The minimum atomic E-state index is -0.410. The number of allylic oxidation sites excluding steroid dienone is 3. The van der Waals surface area contributed by atoms with Crippen molar-refractivity contribution in [2.24, 2.45) is 0 Å². The zero-order valence-electron chi connectivity index (χ0n) is 10.2. The molecule has 3 nitrogen and oxygen atoms in total. The molecule has 3 rings (SSSR count). The minimum Gasteiger partial charge on any atom is -0.304 e. The first-order chi connectivity index (χ1) is 9.18. The van der Waals surface area contributed by atoms with Crippen LogP contribution in [-0.2, 0) is 16.1 Å². The smallest absolute Gasteiger partial charge is 0.299 e. The summed E-state index contributed by atoms with van der Waals surface area (Å²) in [4.78, 5) is 25.6. The average molecular weight is 318 g/mol. The van der Waals surface area contributed by atoms with Crippen molar-refractivity contribution in [2.75, 3.05) is 0 Å². The van der Waals surface area contributed by atoms with Gasteiger partial charge in [-0.2, -0.15) is 0 Å². The van der Waals surface area contributed by atoms with Crippen LogP contribution in [0.25, 0.3) is 0 Å². The standard InChI is InChI=1S/C15H12BrNO2/c16-12-7-3-1-5-10(12)9-17-13-8-4-2-6-11(13)14(18)15(17)19/h1-3,5-7H,4,8-9H2. The summed E-state index contributed by atoms with van der Waals surface area (Å²) in [5.41, 5.74) is 2.45. The van der Waals surface area contributed by atoms with Crippen molar-refractivity contribution < 1.29 is 9.59 Å². The molecule has 0 unspecified atom stereocenters. The van der Waals surface area contributed by atoms with Gasteiger partial charge in [0.05, 0.1) is 6.54 Å². The Balaban J connectivity index is 1.95. The Morgan fingerprint density at radius 3 is 2.79 bits per heavy atom. The molecule has 1 aliphatic heterocycles. The summed E-state index contributed by atoms with van der Waals surface area (Å²) in [6, 6.07) is 7.75. The fourth-order valence-electron chi connectivity index (χ4n) is 2.46. The van der Waals surface area contributed by atoms with E-state index in [1.807, 2.05) is 30.3 Å². The maximum atomic E-state index is 12.1. The van der Waals surface area contributed by atoms with Gasteiger partial charge in [-0.25, -0.2) is 0 Å². The van der Waals surface area contributed by atoms with E-state index in [4.69, 9.17) is 0 Å². The Morgan fingerprint density at radius 1 is 1.21 bits per heavy atom. The van der Waals surface area contributed by atoms with E-state index in [0.29, 0.717) is 12.1 Å². The van der Waals surface area contributed by atoms with Crippen LogP contribution in [0.5, 0.6) is 0 Å². The van der Waals surface area contributed by atoms with Crippen molar-refractivity contribution in [2.45, 2.75) is 19.4 Å². The lowest BCUT2D eigenvalue weighted by molar-refractivity contribution is -0.139. The summed E-state index contributed by atoms with van der Waals surface area (Å²) in [5, 5.41) is 0. The molecule has 1 aliphatic carbocycles. The highest BCUT2D eigenvalue weighted by Crippen LogP contribution is 2.32. The van der Waals surface area contributed by atoms with Gasteiger partial charge in [-0.15, -0.1) is 0 Å². The first-order valence-corrected chi connectivity index (χ1v) is 6.97. The molecule has 0 saturated heterocycles. The van der Waals surface area contributed by atoms with Gasteiger partial charge in [0.1, 0.15) is 0 Å². The number of amides is 1. The maximum Gasteiger partial charge on any atom is 0.299 e. The second-order valence-corrected chi connectivity index (χ2v) is 5.47. The number of hydrogen-bond acceptors (Lipinski definition) is 2. The van der Waals surface area contributed by atoms with Crippen LogP contribution in [0.4, 0.5) is 0 Å². The lowest BCUT2D eigenvalue weighted by Crippen LogP contribution is -2.28. The van der Waals surface area contributed by atoms with Crippen molar-refractivity contribution in [3.63, 3.8) is 0 Å². The number of hydrogen-bond donors (Lipinski definition) is 0. The van der Waals surface area contributed by atoms with E-state index in [2.05, 4.69) is 15.9 Å². The first-order valence-electron chi connectivity index (χ1n) is 6.18. The number of carbonyl (C=O) groups excluding carboxylic acids is 2. The van der Waals surface area contributed by atoms with Crippen molar-refractivity contribution >= 4 is 27.6 Å². The SMILES string of the molecule is O=C1C(=O)N(Cc2ccccc2Br)C2=C1C=CCC2. The topological polar surface area (TPSA) is 37.4 Å². The maximum absolute atomic E-state index is 12.1. The first kappa shape index (κ1) is 12.4. The number of carbonyl (C=O) groups is 2. The molecule has 1 heterocycles. The number of ketones is 1. The Kier molecular flexibility index (Phi) is 3.11. The lowest BCUT2D eigenvalue weighted by Gasteiger charge is -2.21. The summed E-state index contributed by atoms with van der Waals surface area (Å²) >= 11 is 3.47. The van der Waals surface area contributed by atoms with E-state index in [0.717, 1.165) is 28.6 Å². The Hall–Kier alpha value is -1.68. The second-order valence-electron chi connectivity index (χ2n) is 4.61. The van der Waals surface area contributed by atoms with Crippen LogP contribution in [0.15, 0.2) is 52.2 Å². The molecule has 19 heavy (non-hydrogen) atoms. The number of benzene rings is 1. The average Bonchev–Trinajstić information content (AvgIpc) is 2.67. The summed E-state index contributed by atoms with van der Waals surface area (Å²) in [5.74, 6) is -0.787. The quantitative estimate of drug-likeness (QED) is 0.786. The van der Waals surface area contributed by atoms with Gasteiger partial charge in [0, 0.05) is 15.7 Å². The monoisotopic (exact) mass is 317 g/mol. The van der Waals surface area contributed by atoms with Crippen molar-refractivity contribution in [1.29, 1.82) is 0 Å². The number of rotatable bonds is 2. The van der Waals surface area contributed by atoms with E-state index in [1.54, 1.807) is 11.0 Å². The van der Waals surface area contributed by atoms with E-state index in [9.17, 15) is 9.59 Å². The molecule has 2 aliphatic rings. The molecule has 0 fully saturated rings. The van der Waals surface area contributed by atoms with Gasteiger partial charge in [-0.3, -0.25) is 9.59 Å². The Morgan fingerprint density at radius 2 is 2.00 bits per heavy atom. The van der Waals surface area contributed by atoms with Gasteiger partial charge < -0.3 is 4.90 Å². The Labute approximate surface area is 119 Å². The van der Waals surface area contributed by atoms with Crippen LogP contribution < -0.4 is 0 Å². The minimum absolute atomic E-state index is 0.377. The third-order valence-corrected chi connectivity index (χ3v) is 4.21. The van der Waals surface area contributed by atoms with Crippen LogP contribution in [0.1, 0.15) is 18.4 Å². The van der Waals surface area contributed by atoms with Crippen LogP contribution in [-0.4, -0.2) is 16.6 Å². The van der Waals surface area contributed by atoms with E-state index >= 15 is 0 Å². The molecule has 0 bridgehead atoms. The molecular formula is C15H12BrNO2. The molecule has 4 heteroatoms. The van der Waals surface area contributed by atoms with Crippen LogP contribution in [0.3, 0.4) is 0 Å². The predicted octanol–water partition coefficient (Wildman–Crippen LogP) is 2.96. The fraction of sp³-hybridized carbons (Fsp3) is 0.200. The molecular weight excluding hydrogens is 306 g/mol. The number of nitrogens with zero attached hydrogens (tertiary/aromatic N) is 1. The van der Waals surface area contributed by atoms with Gasteiger partial charge in [0.15, 0.2) is 0 Å². The largest absolute Gasteiger partial charge is 0.304 e. The normalized spacial score (nSPS) is 18.3. The molecule has 0 spiro atoms. The molecule has 1 amide bonds. The van der Waals surface area contributed by atoms with Crippen molar-refractivity contribution in [3.05, 3.63) is 57.7 Å². The zero-order chi connectivity index (χ0) is 13.4. The number of halogens is 1. The molecule has 1 aromatic rings. The third kappa shape index (κ3) is 2.06.